The van der Waals surface area contributed by atoms with E-state index in [1.807, 2.05) is 19.9 Å². The zero-order valence-electron chi connectivity index (χ0n) is 18.2. The van der Waals surface area contributed by atoms with Crippen molar-refractivity contribution in [3.8, 4) is 5.95 Å². The number of carbonyl (C=O) groups is 1. The van der Waals surface area contributed by atoms with Crippen molar-refractivity contribution in [2.45, 2.75) is 46.4 Å². The topological polar surface area (TPSA) is 92.9 Å². The maximum atomic E-state index is 12.9. The summed E-state index contributed by atoms with van der Waals surface area (Å²) in [6.07, 6.45) is -5.78. The number of alkyl halides is 3. The second-order valence-electron chi connectivity index (χ2n) is 7.63. The zero-order chi connectivity index (χ0) is 23.6. The highest BCUT2D eigenvalue weighted by Gasteiger charge is 2.31. The monoisotopic (exact) mass is 447 g/mol. The highest BCUT2D eigenvalue weighted by Crippen LogP contribution is 2.30. The molecule has 0 radical (unpaired) electrons. The van der Waals surface area contributed by atoms with E-state index in [2.05, 4.69) is 20.4 Å². The molecule has 0 saturated carbocycles. The number of carbonyl (C=O) groups excluding carboxylic acids is 1. The lowest BCUT2D eigenvalue weighted by molar-refractivity contribution is -0.137. The molecule has 2 N–H and O–H groups in total. The average molecular weight is 447 g/mol. The first-order chi connectivity index (χ1) is 15.0. The Morgan fingerprint density at radius 1 is 1.12 bits per heavy atom. The van der Waals surface area contributed by atoms with Gasteiger partial charge in [-0.05, 0) is 51.5 Å². The molecule has 32 heavy (non-hydrogen) atoms. The lowest BCUT2D eigenvalue weighted by atomic mass is 10.1. The van der Waals surface area contributed by atoms with E-state index < -0.39 is 17.8 Å². The number of rotatable bonds is 6. The molecule has 3 aromatic rings. The van der Waals surface area contributed by atoms with Crippen molar-refractivity contribution < 1.29 is 23.1 Å². The normalized spacial score (nSPS) is 12.6. The van der Waals surface area contributed by atoms with Crippen molar-refractivity contribution in [2.75, 3.05) is 6.54 Å². The summed E-state index contributed by atoms with van der Waals surface area (Å²) in [6.45, 7) is 7.07. The van der Waals surface area contributed by atoms with E-state index in [-0.39, 0.29) is 24.4 Å². The van der Waals surface area contributed by atoms with E-state index in [1.165, 1.54) is 12.1 Å². The molecule has 0 spiro atoms. The van der Waals surface area contributed by atoms with Crippen LogP contribution in [-0.2, 0) is 17.4 Å². The standard InChI is InChI=1S/C22H24F3N5O2/c1-12-8-13(2)28-21(27-12)30-15(4)18(14(3)29-30)10-20(32)26-11-19(31)16-6-5-7-17(9-16)22(23,24)25/h5-9,19,31H,10-11H2,1-4H3,(H,26,32). The van der Waals surface area contributed by atoms with Crippen molar-refractivity contribution in [1.29, 1.82) is 0 Å². The number of halogens is 3. The number of amides is 1. The molecule has 0 fully saturated rings. The second-order valence-corrected chi connectivity index (χ2v) is 7.63. The number of hydrogen-bond acceptors (Lipinski definition) is 5. The van der Waals surface area contributed by atoms with Crippen LogP contribution in [0.1, 0.15) is 45.6 Å². The lowest BCUT2D eigenvalue weighted by Gasteiger charge is -2.14. The number of aromatic nitrogens is 4. The van der Waals surface area contributed by atoms with Crippen molar-refractivity contribution >= 4 is 5.91 Å². The molecular formula is C22H24F3N5O2. The van der Waals surface area contributed by atoms with Crippen molar-refractivity contribution in [1.82, 2.24) is 25.1 Å². The van der Waals surface area contributed by atoms with Gasteiger partial charge in [0.05, 0.1) is 23.8 Å². The van der Waals surface area contributed by atoms with Crippen molar-refractivity contribution in [3.05, 3.63) is 69.8 Å². The minimum atomic E-state index is -4.51. The minimum absolute atomic E-state index is 0.00221. The van der Waals surface area contributed by atoms with E-state index in [0.29, 0.717) is 22.9 Å². The summed E-state index contributed by atoms with van der Waals surface area (Å²) in [5.74, 6) is 0.0258. The van der Waals surface area contributed by atoms with E-state index in [1.54, 1.807) is 18.5 Å². The van der Waals surface area contributed by atoms with Gasteiger partial charge in [0.1, 0.15) is 0 Å². The first-order valence-corrected chi connectivity index (χ1v) is 9.95. The van der Waals surface area contributed by atoms with Gasteiger partial charge in [-0.1, -0.05) is 12.1 Å². The number of nitrogens with one attached hydrogen (secondary N) is 1. The molecule has 0 saturated heterocycles. The summed E-state index contributed by atoms with van der Waals surface area (Å²) in [7, 11) is 0. The predicted octanol–water partition coefficient (Wildman–Crippen LogP) is 3.31. The first kappa shape index (κ1) is 23.4. The third-order valence-electron chi connectivity index (χ3n) is 5.03. The van der Waals surface area contributed by atoms with Crippen LogP contribution in [0.2, 0.25) is 0 Å². The Balaban J connectivity index is 1.69. The Labute approximate surface area is 183 Å². The number of hydrogen-bond donors (Lipinski definition) is 2. The van der Waals surface area contributed by atoms with Crippen LogP contribution in [0.3, 0.4) is 0 Å². The highest BCUT2D eigenvalue weighted by atomic mass is 19.4. The van der Waals surface area contributed by atoms with Gasteiger partial charge in [0, 0.05) is 29.2 Å². The second kappa shape index (κ2) is 9.07. The molecular weight excluding hydrogens is 423 g/mol. The molecule has 0 bridgehead atoms. The van der Waals surface area contributed by atoms with Crippen molar-refractivity contribution in [2.24, 2.45) is 0 Å². The summed E-state index contributed by atoms with van der Waals surface area (Å²) in [6, 6.07) is 6.25. The molecule has 170 valence electrons. The first-order valence-electron chi connectivity index (χ1n) is 9.95. The minimum Gasteiger partial charge on any atom is -0.387 e. The molecule has 7 nitrogen and oxygen atoms in total. The fourth-order valence-corrected chi connectivity index (χ4v) is 3.40. The van der Waals surface area contributed by atoms with Gasteiger partial charge in [-0.2, -0.15) is 18.3 Å². The van der Waals surface area contributed by atoms with Crippen LogP contribution in [0.5, 0.6) is 0 Å². The Morgan fingerprint density at radius 2 is 1.78 bits per heavy atom. The smallest absolute Gasteiger partial charge is 0.387 e. The third kappa shape index (κ3) is 5.31. The fraction of sp³-hybridized carbons (Fsp3) is 0.364. The van der Waals surface area contributed by atoms with Gasteiger partial charge in [-0.3, -0.25) is 4.79 Å². The lowest BCUT2D eigenvalue weighted by Crippen LogP contribution is -2.30. The molecule has 1 aromatic carbocycles. The van der Waals surface area contributed by atoms with E-state index >= 15 is 0 Å². The predicted molar refractivity (Wildman–Crippen MR) is 111 cm³/mol. The van der Waals surface area contributed by atoms with Crippen LogP contribution in [0.15, 0.2) is 30.3 Å². The van der Waals surface area contributed by atoms with Crippen LogP contribution in [0.4, 0.5) is 13.2 Å². The largest absolute Gasteiger partial charge is 0.416 e. The molecule has 2 heterocycles. The number of aryl methyl sites for hydroxylation is 3. The van der Waals surface area contributed by atoms with Gasteiger partial charge < -0.3 is 10.4 Å². The number of aliphatic hydroxyl groups excluding tert-OH is 1. The number of aliphatic hydroxyl groups is 1. The summed E-state index contributed by atoms with van der Waals surface area (Å²) in [5, 5.41) is 17.2. The van der Waals surface area contributed by atoms with Gasteiger partial charge >= 0.3 is 6.18 Å². The molecule has 0 aliphatic carbocycles. The SMILES string of the molecule is Cc1cc(C)nc(-n2nc(C)c(CC(=O)NCC(O)c3cccc(C(F)(F)F)c3)c2C)n1. The fourth-order valence-electron chi connectivity index (χ4n) is 3.40. The molecule has 0 aliphatic heterocycles. The van der Waals surface area contributed by atoms with Gasteiger partial charge in [-0.25, -0.2) is 14.6 Å². The van der Waals surface area contributed by atoms with E-state index in [0.717, 1.165) is 23.5 Å². The summed E-state index contributed by atoms with van der Waals surface area (Å²) in [4.78, 5) is 21.2. The summed E-state index contributed by atoms with van der Waals surface area (Å²) < 4.78 is 40.2. The Bertz CT molecular complexity index is 1120. The van der Waals surface area contributed by atoms with Crippen LogP contribution in [-0.4, -0.2) is 37.3 Å². The highest BCUT2D eigenvalue weighted by molar-refractivity contribution is 5.79. The summed E-state index contributed by atoms with van der Waals surface area (Å²) >= 11 is 0. The third-order valence-corrected chi connectivity index (χ3v) is 5.03. The molecule has 0 aliphatic rings. The number of nitrogens with zero attached hydrogens (tertiary/aromatic N) is 4. The Kier molecular flexibility index (Phi) is 6.63. The van der Waals surface area contributed by atoms with E-state index in [9.17, 15) is 23.1 Å². The van der Waals surface area contributed by atoms with Gasteiger partial charge in [-0.15, -0.1) is 0 Å². The van der Waals surface area contributed by atoms with Gasteiger partial charge in [0.25, 0.3) is 5.95 Å². The van der Waals surface area contributed by atoms with Gasteiger partial charge in [0.15, 0.2) is 0 Å². The quantitative estimate of drug-likeness (QED) is 0.605. The molecule has 1 atom stereocenters. The zero-order valence-corrected chi connectivity index (χ0v) is 18.2. The van der Waals surface area contributed by atoms with Crippen molar-refractivity contribution in [3.63, 3.8) is 0 Å². The molecule has 1 amide bonds. The Hall–Kier alpha value is -3.27. The number of benzene rings is 1. The molecule has 3 rings (SSSR count). The maximum absolute atomic E-state index is 12.9. The van der Waals surface area contributed by atoms with Crippen LogP contribution >= 0.6 is 0 Å². The average Bonchev–Trinajstić information content (AvgIpc) is 2.99. The molecule has 2 aromatic heterocycles. The van der Waals surface area contributed by atoms with Gasteiger partial charge in [0.2, 0.25) is 5.91 Å². The maximum Gasteiger partial charge on any atom is 0.416 e. The van der Waals surface area contributed by atoms with Crippen LogP contribution < -0.4 is 5.32 Å². The Morgan fingerprint density at radius 3 is 2.41 bits per heavy atom. The van der Waals surface area contributed by atoms with Crippen LogP contribution in [0, 0.1) is 27.7 Å². The summed E-state index contributed by atoms with van der Waals surface area (Å²) in [5.41, 5.74) is 2.85. The van der Waals surface area contributed by atoms with E-state index in [4.69, 9.17) is 0 Å². The molecule has 1 unspecified atom stereocenters. The van der Waals surface area contributed by atoms with Crippen LogP contribution in [0.25, 0.3) is 5.95 Å². The molecule has 10 heteroatoms.